The Bertz CT molecular complexity index is 417. The van der Waals surface area contributed by atoms with Crippen molar-refractivity contribution in [1.29, 1.82) is 0 Å². The maximum Gasteiger partial charge on any atom is 0.125 e. The van der Waals surface area contributed by atoms with Crippen LogP contribution in [0.2, 0.25) is 0 Å². The second kappa shape index (κ2) is 5.91. The average Bonchev–Trinajstić information content (AvgIpc) is 2.43. The van der Waals surface area contributed by atoms with E-state index in [-0.39, 0.29) is 5.82 Å². The van der Waals surface area contributed by atoms with Gasteiger partial charge in [-0.25, -0.2) is 4.39 Å². The Labute approximate surface area is 115 Å². The molecule has 19 heavy (non-hydrogen) atoms. The van der Waals surface area contributed by atoms with E-state index in [0.29, 0.717) is 11.1 Å². The average molecular weight is 264 g/mol. The van der Waals surface area contributed by atoms with Crippen LogP contribution in [0.4, 0.5) is 10.1 Å². The van der Waals surface area contributed by atoms with Crippen molar-refractivity contribution >= 4 is 5.69 Å². The Hall–Kier alpha value is -1.09. The van der Waals surface area contributed by atoms with Gasteiger partial charge in [-0.05, 0) is 49.0 Å². The van der Waals surface area contributed by atoms with Gasteiger partial charge in [0, 0.05) is 12.2 Å². The van der Waals surface area contributed by atoms with E-state index in [1.54, 1.807) is 0 Å². The zero-order valence-corrected chi connectivity index (χ0v) is 12.1. The normalized spacial score (nSPS) is 19.5. The van der Waals surface area contributed by atoms with Crippen molar-refractivity contribution in [3.63, 3.8) is 0 Å². The van der Waals surface area contributed by atoms with E-state index in [1.165, 1.54) is 37.8 Å². The fourth-order valence-corrected chi connectivity index (χ4v) is 3.09. The van der Waals surface area contributed by atoms with Crippen molar-refractivity contribution in [3.8, 4) is 0 Å². The number of rotatable bonds is 4. The van der Waals surface area contributed by atoms with Crippen LogP contribution in [0, 0.1) is 11.2 Å². The predicted octanol–water partition coefficient (Wildman–Crippen LogP) is 3.81. The van der Waals surface area contributed by atoms with E-state index < -0.39 is 0 Å². The summed E-state index contributed by atoms with van der Waals surface area (Å²) in [5, 5.41) is 0. The van der Waals surface area contributed by atoms with Crippen LogP contribution in [0.1, 0.15) is 45.1 Å². The number of nitrogens with zero attached hydrogens (tertiary/aromatic N) is 1. The molecule has 106 valence electrons. The predicted molar refractivity (Wildman–Crippen MR) is 78.3 cm³/mol. The molecule has 2 nitrogen and oxygen atoms in total. The van der Waals surface area contributed by atoms with Crippen LogP contribution in [0.25, 0.3) is 0 Å². The van der Waals surface area contributed by atoms with Crippen molar-refractivity contribution in [2.75, 3.05) is 18.8 Å². The van der Waals surface area contributed by atoms with Crippen molar-refractivity contribution in [2.24, 2.45) is 5.41 Å². The smallest absolute Gasteiger partial charge is 0.125 e. The largest absolute Gasteiger partial charge is 0.398 e. The maximum atomic E-state index is 13.0. The highest BCUT2D eigenvalue weighted by Gasteiger charge is 2.31. The number of anilines is 1. The summed E-state index contributed by atoms with van der Waals surface area (Å²) in [4.78, 5) is 2.44. The van der Waals surface area contributed by atoms with Gasteiger partial charge in [-0.3, -0.25) is 4.90 Å². The summed E-state index contributed by atoms with van der Waals surface area (Å²) in [5.74, 6) is -0.254. The van der Waals surface area contributed by atoms with Crippen LogP contribution < -0.4 is 5.73 Å². The van der Waals surface area contributed by atoms with Gasteiger partial charge in [0.25, 0.3) is 0 Å². The van der Waals surface area contributed by atoms with E-state index in [9.17, 15) is 4.39 Å². The van der Waals surface area contributed by atoms with Crippen molar-refractivity contribution in [1.82, 2.24) is 4.90 Å². The molecular formula is C16H25FN2. The maximum absolute atomic E-state index is 13.0. The Kier molecular flexibility index (Phi) is 4.46. The summed E-state index contributed by atoms with van der Waals surface area (Å²) in [7, 11) is 0. The van der Waals surface area contributed by atoms with Gasteiger partial charge < -0.3 is 5.73 Å². The second-order valence-corrected chi connectivity index (χ2v) is 5.83. The van der Waals surface area contributed by atoms with Crippen LogP contribution in [0.3, 0.4) is 0 Å². The molecule has 0 radical (unpaired) electrons. The SMILES string of the molecule is CCC1(CC)CCN(Cc2ccc(F)cc2N)CC1. The minimum Gasteiger partial charge on any atom is -0.398 e. The Morgan fingerprint density at radius 2 is 1.84 bits per heavy atom. The fourth-order valence-electron chi connectivity index (χ4n) is 3.09. The molecule has 2 rings (SSSR count). The number of nitrogens with two attached hydrogens (primary N) is 1. The van der Waals surface area contributed by atoms with E-state index >= 15 is 0 Å². The van der Waals surface area contributed by atoms with Crippen LogP contribution in [-0.4, -0.2) is 18.0 Å². The molecule has 1 fully saturated rings. The van der Waals surface area contributed by atoms with Gasteiger partial charge in [-0.2, -0.15) is 0 Å². The number of hydrogen-bond donors (Lipinski definition) is 1. The summed E-state index contributed by atoms with van der Waals surface area (Å²) in [6.45, 7) is 7.70. The molecule has 1 aromatic rings. The molecular weight excluding hydrogens is 239 g/mol. The monoisotopic (exact) mass is 264 g/mol. The first kappa shape index (κ1) is 14.3. The molecule has 0 bridgehead atoms. The summed E-state index contributed by atoms with van der Waals surface area (Å²) in [6.07, 6.45) is 5.08. The van der Waals surface area contributed by atoms with Gasteiger partial charge in [-0.1, -0.05) is 32.8 Å². The molecule has 0 atom stereocenters. The molecule has 1 aliphatic heterocycles. The fraction of sp³-hybridized carbons (Fsp3) is 0.625. The molecule has 0 spiro atoms. The van der Waals surface area contributed by atoms with Crippen molar-refractivity contribution < 1.29 is 4.39 Å². The lowest BCUT2D eigenvalue weighted by atomic mass is 9.74. The number of likely N-dealkylation sites (tertiary alicyclic amines) is 1. The highest BCUT2D eigenvalue weighted by Crippen LogP contribution is 2.38. The summed E-state index contributed by atoms with van der Waals surface area (Å²) >= 11 is 0. The molecule has 1 saturated heterocycles. The van der Waals surface area contributed by atoms with Crippen LogP contribution >= 0.6 is 0 Å². The standard InChI is InChI=1S/C16H25FN2/c1-3-16(4-2)7-9-19(10-8-16)12-13-5-6-14(17)11-15(13)18/h5-6,11H,3-4,7-10,12,18H2,1-2H3. The Morgan fingerprint density at radius 3 is 2.37 bits per heavy atom. The quantitative estimate of drug-likeness (QED) is 0.838. The van der Waals surface area contributed by atoms with Gasteiger partial charge >= 0.3 is 0 Å². The van der Waals surface area contributed by atoms with E-state index in [4.69, 9.17) is 5.73 Å². The van der Waals surface area contributed by atoms with Gasteiger partial charge in [0.05, 0.1) is 0 Å². The van der Waals surface area contributed by atoms with Gasteiger partial charge in [0.1, 0.15) is 5.82 Å². The summed E-state index contributed by atoms with van der Waals surface area (Å²) < 4.78 is 13.0. The van der Waals surface area contributed by atoms with Crippen molar-refractivity contribution in [3.05, 3.63) is 29.6 Å². The zero-order valence-electron chi connectivity index (χ0n) is 12.1. The zero-order chi connectivity index (χ0) is 13.9. The highest BCUT2D eigenvalue weighted by molar-refractivity contribution is 5.46. The molecule has 0 aliphatic carbocycles. The lowest BCUT2D eigenvalue weighted by molar-refractivity contribution is 0.0910. The lowest BCUT2D eigenvalue weighted by Crippen LogP contribution is -2.39. The first-order chi connectivity index (χ1) is 9.08. The molecule has 1 aromatic carbocycles. The third-order valence-corrected chi connectivity index (χ3v) is 4.92. The van der Waals surface area contributed by atoms with Gasteiger partial charge in [-0.15, -0.1) is 0 Å². The number of benzene rings is 1. The number of nitrogen functional groups attached to an aromatic ring is 1. The Balaban J connectivity index is 1.95. The summed E-state index contributed by atoms with van der Waals surface area (Å²) in [5.41, 5.74) is 8.04. The van der Waals surface area contributed by atoms with Crippen LogP contribution in [0.15, 0.2) is 18.2 Å². The van der Waals surface area contributed by atoms with Gasteiger partial charge in [0.15, 0.2) is 0 Å². The van der Waals surface area contributed by atoms with Crippen molar-refractivity contribution in [2.45, 2.75) is 46.1 Å². The molecule has 0 saturated carbocycles. The molecule has 1 aliphatic rings. The minimum atomic E-state index is -0.254. The molecule has 1 heterocycles. The van der Waals surface area contributed by atoms with Crippen LogP contribution in [0.5, 0.6) is 0 Å². The minimum absolute atomic E-state index is 0.254. The number of piperidine rings is 1. The van der Waals surface area contributed by atoms with E-state index in [2.05, 4.69) is 18.7 Å². The summed E-state index contributed by atoms with van der Waals surface area (Å²) in [6, 6.07) is 4.73. The third-order valence-electron chi connectivity index (χ3n) is 4.92. The number of hydrogen-bond acceptors (Lipinski definition) is 2. The number of halogens is 1. The van der Waals surface area contributed by atoms with E-state index in [1.807, 2.05) is 6.07 Å². The Morgan fingerprint density at radius 1 is 1.21 bits per heavy atom. The first-order valence-corrected chi connectivity index (χ1v) is 7.35. The molecule has 0 amide bonds. The highest BCUT2D eigenvalue weighted by atomic mass is 19.1. The van der Waals surface area contributed by atoms with Crippen LogP contribution in [-0.2, 0) is 6.54 Å². The van der Waals surface area contributed by atoms with E-state index in [0.717, 1.165) is 25.2 Å². The lowest BCUT2D eigenvalue weighted by Gasteiger charge is -2.41. The third kappa shape index (κ3) is 3.27. The molecule has 0 aromatic heterocycles. The molecule has 3 heteroatoms. The second-order valence-electron chi connectivity index (χ2n) is 5.83. The topological polar surface area (TPSA) is 29.3 Å². The van der Waals surface area contributed by atoms with Gasteiger partial charge in [0.2, 0.25) is 0 Å². The first-order valence-electron chi connectivity index (χ1n) is 7.35. The molecule has 2 N–H and O–H groups in total. The molecule has 0 unspecified atom stereocenters.